The lowest BCUT2D eigenvalue weighted by molar-refractivity contribution is -0.255. The van der Waals surface area contributed by atoms with E-state index in [4.69, 9.17) is 9.47 Å². The maximum absolute atomic E-state index is 13.2. The van der Waals surface area contributed by atoms with Crippen molar-refractivity contribution in [1.82, 2.24) is 0 Å². The molecule has 1 N–H and O–H groups in total. The predicted octanol–water partition coefficient (Wildman–Crippen LogP) is 1.37. The van der Waals surface area contributed by atoms with Crippen LogP contribution in [0, 0.1) is 5.82 Å². The second-order valence-corrected chi connectivity index (χ2v) is 3.81. The Bertz CT molecular complexity index is 455. The second kappa shape index (κ2) is 3.26. The van der Waals surface area contributed by atoms with Gasteiger partial charge in [0.15, 0.2) is 0 Å². The molecule has 16 heavy (non-hydrogen) atoms. The average Bonchev–Trinajstić information content (AvgIpc) is 2.55. The summed E-state index contributed by atoms with van der Waals surface area (Å²) in [6.07, 6.45) is 0.736. The second-order valence-electron chi connectivity index (χ2n) is 3.81. The molecule has 1 aromatic rings. The zero-order valence-corrected chi connectivity index (χ0v) is 8.46. The first kappa shape index (κ1) is 9.74. The van der Waals surface area contributed by atoms with Gasteiger partial charge in [-0.05, 0) is 24.6 Å². The zero-order chi connectivity index (χ0) is 11.2. The van der Waals surface area contributed by atoms with E-state index in [1.807, 2.05) is 0 Å². The van der Waals surface area contributed by atoms with Gasteiger partial charge in [-0.15, -0.1) is 0 Å². The standard InChI is InChI=1S/C11H10FNO3/c12-7-2-3-9-8(6-7)11(10(14)13-9)15-4-1-5-16-11/h2-3,6H,1,4-5H2,(H,13,14). The summed E-state index contributed by atoms with van der Waals surface area (Å²) in [6.45, 7) is 0.868. The summed E-state index contributed by atoms with van der Waals surface area (Å²) in [5.74, 6) is -2.23. The Hall–Kier alpha value is -1.46. The minimum Gasteiger partial charge on any atom is -0.338 e. The molecule has 5 heteroatoms. The topological polar surface area (TPSA) is 47.6 Å². The van der Waals surface area contributed by atoms with Crippen LogP contribution in [0.3, 0.4) is 0 Å². The monoisotopic (exact) mass is 223 g/mol. The van der Waals surface area contributed by atoms with E-state index in [0.717, 1.165) is 6.42 Å². The molecule has 2 aliphatic heterocycles. The molecule has 1 fully saturated rings. The first-order chi connectivity index (χ1) is 7.72. The molecule has 1 saturated heterocycles. The Kier molecular flexibility index (Phi) is 1.99. The van der Waals surface area contributed by atoms with E-state index in [9.17, 15) is 9.18 Å². The van der Waals surface area contributed by atoms with Crippen LogP contribution in [0.5, 0.6) is 0 Å². The van der Waals surface area contributed by atoms with E-state index in [-0.39, 0.29) is 5.91 Å². The lowest BCUT2D eigenvalue weighted by Gasteiger charge is -2.31. The Balaban J connectivity index is 2.13. The summed E-state index contributed by atoms with van der Waals surface area (Å²) >= 11 is 0. The Morgan fingerprint density at radius 1 is 1.31 bits per heavy atom. The van der Waals surface area contributed by atoms with Crippen molar-refractivity contribution in [3.05, 3.63) is 29.6 Å². The molecular formula is C11H10FNO3. The Morgan fingerprint density at radius 2 is 2.06 bits per heavy atom. The van der Waals surface area contributed by atoms with Gasteiger partial charge in [0.1, 0.15) is 5.82 Å². The molecule has 2 aliphatic rings. The highest BCUT2D eigenvalue weighted by atomic mass is 19.1. The number of nitrogens with one attached hydrogen (secondary N) is 1. The first-order valence-electron chi connectivity index (χ1n) is 5.12. The van der Waals surface area contributed by atoms with Crippen molar-refractivity contribution in [3.63, 3.8) is 0 Å². The van der Waals surface area contributed by atoms with Crippen LogP contribution in [-0.2, 0) is 20.1 Å². The van der Waals surface area contributed by atoms with Gasteiger partial charge in [0.25, 0.3) is 11.7 Å². The largest absolute Gasteiger partial charge is 0.338 e. The predicted molar refractivity (Wildman–Crippen MR) is 53.2 cm³/mol. The third-order valence-electron chi connectivity index (χ3n) is 2.78. The fourth-order valence-corrected chi connectivity index (χ4v) is 2.04. The molecule has 0 aromatic heterocycles. The zero-order valence-electron chi connectivity index (χ0n) is 8.46. The summed E-state index contributed by atoms with van der Waals surface area (Å²) in [4.78, 5) is 11.8. The van der Waals surface area contributed by atoms with Crippen LogP contribution in [0.4, 0.5) is 10.1 Å². The van der Waals surface area contributed by atoms with E-state index in [0.29, 0.717) is 24.5 Å². The highest BCUT2D eigenvalue weighted by Crippen LogP contribution is 2.41. The third-order valence-corrected chi connectivity index (χ3v) is 2.78. The van der Waals surface area contributed by atoms with Gasteiger partial charge < -0.3 is 14.8 Å². The van der Waals surface area contributed by atoms with Crippen molar-refractivity contribution >= 4 is 11.6 Å². The summed E-state index contributed by atoms with van der Waals surface area (Å²) in [5, 5.41) is 2.63. The van der Waals surface area contributed by atoms with Crippen LogP contribution in [0.15, 0.2) is 18.2 Å². The van der Waals surface area contributed by atoms with Crippen molar-refractivity contribution in [2.24, 2.45) is 0 Å². The molecule has 1 amide bonds. The number of benzene rings is 1. The quantitative estimate of drug-likeness (QED) is 0.722. The summed E-state index contributed by atoms with van der Waals surface area (Å²) in [7, 11) is 0. The van der Waals surface area contributed by atoms with Gasteiger partial charge >= 0.3 is 0 Å². The van der Waals surface area contributed by atoms with Gasteiger partial charge in [-0.3, -0.25) is 4.79 Å². The van der Waals surface area contributed by atoms with Crippen molar-refractivity contribution in [2.75, 3.05) is 18.5 Å². The van der Waals surface area contributed by atoms with Gasteiger partial charge in [-0.2, -0.15) is 0 Å². The number of ether oxygens (including phenoxy) is 2. The van der Waals surface area contributed by atoms with Gasteiger partial charge in [0.2, 0.25) is 0 Å². The summed E-state index contributed by atoms with van der Waals surface area (Å²) in [5.41, 5.74) is 0.977. The molecule has 0 radical (unpaired) electrons. The molecule has 0 bridgehead atoms. The van der Waals surface area contributed by atoms with Gasteiger partial charge in [-0.1, -0.05) is 0 Å². The molecule has 2 heterocycles. The number of amides is 1. The van der Waals surface area contributed by atoms with E-state index >= 15 is 0 Å². The first-order valence-corrected chi connectivity index (χ1v) is 5.12. The van der Waals surface area contributed by atoms with Crippen molar-refractivity contribution < 1.29 is 18.7 Å². The smallest absolute Gasteiger partial charge is 0.289 e. The van der Waals surface area contributed by atoms with Crippen molar-refractivity contribution in [1.29, 1.82) is 0 Å². The maximum Gasteiger partial charge on any atom is 0.289 e. The maximum atomic E-state index is 13.2. The van der Waals surface area contributed by atoms with Crippen LogP contribution in [0.1, 0.15) is 12.0 Å². The van der Waals surface area contributed by atoms with Crippen LogP contribution >= 0.6 is 0 Å². The Morgan fingerprint density at radius 3 is 2.81 bits per heavy atom. The number of hydrogen-bond donors (Lipinski definition) is 1. The molecule has 0 atom stereocenters. The molecular weight excluding hydrogens is 213 g/mol. The van der Waals surface area contributed by atoms with Crippen LogP contribution in [0.25, 0.3) is 0 Å². The normalized spacial score (nSPS) is 21.9. The third kappa shape index (κ3) is 1.19. The average molecular weight is 223 g/mol. The number of hydrogen-bond acceptors (Lipinski definition) is 3. The van der Waals surface area contributed by atoms with Crippen molar-refractivity contribution in [2.45, 2.75) is 12.2 Å². The summed E-state index contributed by atoms with van der Waals surface area (Å²) in [6, 6.07) is 4.08. The lowest BCUT2D eigenvalue weighted by Crippen LogP contribution is -2.43. The van der Waals surface area contributed by atoms with E-state index in [2.05, 4.69) is 5.32 Å². The fourth-order valence-electron chi connectivity index (χ4n) is 2.04. The molecule has 4 nitrogen and oxygen atoms in total. The molecule has 3 rings (SSSR count). The van der Waals surface area contributed by atoms with E-state index < -0.39 is 11.6 Å². The molecule has 0 aliphatic carbocycles. The molecule has 84 valence electrons. The number of anilines is 1. The van der Waals surface area contributed by atoms with Crippen LogP contribution in [-0.4, -0.2) is 19.1 Å². The SMILES string of the molecule is O=C1Nc2ccc(F)cc2C12OCCCO2. The Labute approximate surface area is 91.3 Å². The molecule has 0 saturated carbocycles. The number of carbonyl (C=O) groups excluding carboxylic acids is 1. The number of rotatable bonds is 0. The number of fused-ring (bicyclic) bond motifs is 2. The number of carbonyl (C=O) groups is 1. The van der Waals surface area contributed by atoms with Gasteiger partial charge in [0.05, 0.1) is 18.9 Å². The molecule has 1 spiro atoms. The van der Waals surface area contributed by atoms with Gasteiger partial charge in [-0.25, -0.2) is 4.39 Å². The minimum atomic E-state index is -1.43. The van der Waals surface area contributed by atoms with E-state index in [1.165, 1.54) is 18.2 Å². The van der Waals surface area contributed by atoms with Crippen LogP contribution < -0.4 is 5.32 Å². The highest BCUT2D eigenvalue weighted by Gasteiger charge is 2.51. The molecule has 1 aromatic carbocycles. The highest BCUT2D eigenvalue weighted by molar-refractivity contribution is 6.04. The van der Waals surface area contributed by atoms with Crippen molar-refractivity contribution in [3.8, 4) is 0 Å². The number of halogens is 1. The lowest BCUT2D eigenvalue weighted by atomic mass is 10.1. The van der Waals surface area contributed by atoms with E-state index in [1.54, 1.807) is 0 Å². The summed E-state index contributed by atoms with van der Waals surface area (Å²) < 4.78 is 24.0. The fraction of sp³-hybridized carbons (Fsp3) is 0.364. The molecule has 0 unspecified atom stereocenters. The van der Waals surface area contributed by atoms with Crippen LogP contribution in [0.2, 0.25) is 0 Å². The van der Waals surface area contributed by atoms with Gasteiger partial charge in [0, 0.05) is 5.56 Å². The minimum absolute atomic E-state index is 0.382.